The van der Waals surface area contributed by atoms with Gasteiger partial charge in [-0.3, -0.25) is 9.59 Å². The van der Waals surface area contributed by atoms with Gasteiger partial charge in [0.05, 0.1) is 11.8 Å². The topological polar surface area (TPSA) is 63.6 Å². The predicted molar refractivity (Wildman–Crippen MR) is 122 cm³/mol. The Kier molecular flexibility index (Phi) is 4.92. The monoisotopic (exact) mass is 516 g/mol. The molecule has 0 saturated heterocycles. The highest BCUT2D eigenvalue weighted by molar-refractivity contribution is 14.1. The maximum absolute atomic E-state index is 13.6. The molecule has 2 bridgehead atoms. The molecule has 156 valence electrons. The van der Waals surface area contributed by atoms with Crippen molar-refractivity contribution in [3.05, 3.63) is 68.3 Å². The average Bonchev–Trinajstić information content (AvgIpc) is 2.72. The molecule has 5 heteroatoms. The van der Waals surface area contributed by atoms with E-state index in [1.807, 2.05) is 31.2 Å². The highest BCUT2D eigenvalue weighted by Gasteiger charge is 2.57. The smallest absolute Gasteiger partial charge is 0.311 e. The van der Waals surface area contributed by atoms with E-state index in [0.29, 0.717) is 0 Å². The zero-order valence-corrected chi connectivity index (χ0v) is 19.1. The third-order valence-electron chi connectivity index (χ3n) is 7.17. The number of benzene rings is 1. The van der Waals surface area contributed by atoms with Gasteiger partial charge in [-0.15, -0.1) is 0 Å². The van der Waals surface area contributed by atoms with Crippen molar-refractivity contribution in [3.8, 4) is 0 Å². The molecule has 0 aliphatic heterocycles. The number of carbonyl (C=O) groups is 2. The van der Waals surface area contributed by atoms with E-state index in [1.165, 1.54) is 9.15 Å². The summed E-state index contributed by atoms with van der Waals surface area (Å²) in [5, 5.41) is 10.2. The number of ether oxygens (including phenoxy) is 1. The van der Waals surface area contributed by atoms with Gasteiger partial charge in [0, 0.05) is 11.8 Å². The molecule has 4 nitrogen and oxygen atoms in total. The van der Waals surface area contributed by atoms with Gasteiger partial charge in [0.25, 0.3) is 0 Å². The number of carboxylic acid groups (broad SMARTS) is 1. The molecule has 5 aliphatic carbocycles. The first-order valence-electron chi connectivity index (χ1n) is 10.7. The van der Waals surface area contributed by atoms with Crippen LogP contribution in [-0.2, 0) is 14.3 Å². The number of halogens is 1. The number of allylic oxidation sites excluding steroid dienone is 5. The number of carbonyl (C=O) groups excluding carboxylic acids is 1. The van der Waals surface area contributed by atoms with Crippen LogP contribution >= 0.6 is 22.6 Å². The lowest BCUT2D eigenvalue weighted by atomic mass is 9.53. The first-order chi connectivity index (χ1) is 14.4. The van der Waals surface area contributed by atoms with Crippen LogP contribution in [0, 0.1) is 11.8 Å². The van der Waals surface area contributed by atoms with Crippen LogP contribution in [0.3, 0.4) is 0 Å². The first kappa shape index (κ1) is 20.0. The van der Waals surface area contributed by atoms with Crippen LogP contribution < -0.4 is 0 Å². The van der Waals surface area contributed by atoms with Crippen LogP contribution in [0.2, 0.25) is 0 Å². The van der Waals surface area contributed by atoms with Gasteiger partial charge in [0.1, 0.15) is 5.60 Å². The minimum absolute atomic E-state index is 0.213. The maximum Gasteiger partial charge on any atom is 0.311 e. The number of rotatable bonds is 3. The number of hydrogen-bond donors (Lipinski definition) is 1. The fourth-order valence-electron chi connectivity index (χ4n) is 6.02. The number of carboxylic acids is 1. The van der Waals surface area contributed by atoms with Crippen molar-refractivity contribution in [2.75, 3.05) is 0 Å². The first-order valence-corrected chi connectivity index (χ1v) is 11.8. The van der Waals surface area contributed by atoms with Crippen LogP contribution in [-0.4, -0.2) is 22.6 Å². The average molecular weight is 516 g/mol. The Bertz CT molecular complexity index is 1020. The van der Waals surface area contributed by atoms with Crippen molar-refractivity contribution in [1.29, 1.82) is 0 Å². The molecule has 0 fully saturated rings. The van der Waals surface area contributed by atoms with Crippen molar-refractivity contribution < 1.29 is 19.4 Å². The predicted octanol–water partition coefficient (Wildman–Crippen LogP) is 5.65. The summed E-state index contributed by atoms with van der Waals surface area (Å²) in [6, 6.07) is 8.06. The van der Waals surface area contributed by atoms with Gasteiger partial charge in [-0.05, 0) is 88.0 Å². The Morgan fingerprint density at radius 1 is 1.13 bits per heavy atom. The largest absolute Gasteiger partial charge is 0.481 e. The van der Waals surface area contributed by atoms with Gasteiger partial charge in [-0.2, -0.15) is 0 Å². The molecule has 30 heavy (non-hydrogen) atoms. The molecule has 5 aliphatic rings. The van der Waals surface area contributed by atoms with E-state index < -0.39 is 23.4 Å². The van der Waals surface area contributed by atoms with Crippen LogP contribution in [0.1, 0.15) is 62.0 Å². The molecule has 0 spiro atoms. The van der Waals surface area contributed by atoms with E-state index in [9.17, 15) is 14.7 Å². The molecule has 0 heterocycles. The van der Waals surface area contributed by atoms with Gasteiger partial charge in [-0.25, -0.2) is 0 Å². The summed E-state index contributed by atoms with van der Waals surface area (Å²) < 4.78 is 7.29. The summed E-state index contributed by atoms with van der Waals surface area (Å²) in [6.07, 6.45) is 10.8. The second-order valence-electron chi connectivity index (χ2n) is 9.07. The zero-order valence-electron chi connectivity index (χ0n) is 16.9. The molecule has 0 saturated carbocycles. The number of fused-ring (bicyclic) bond motifs is 1. The molecule has 1 N–H and O–H groups in total. The van der Waals surface area contributed by atoms with Crippen molar-refractivity contribution in [2.45, 2.75) is 56.5 Å². The van der Waals surface area contributed by atoms with Crippen molar-refractivity contribution in [3.63, 3.8) is 0 Å². The van der Waals surface area contributed by atoms with Crippen molar-refractivity contribution in [2.24, 2.45) is 11.8 Å². The van der Waals surface area contributed by atoms with Crippen LogP contribution in [0.5, 0.6) is 0 Å². The normalized spacial score (nSPS) is 34.1. The Morgan fingerprint density at radius 3 is 2.57 bits per heavy atom. The minimum atomic E-state index is -0.911. The highest BCUT2D eigenvalue weighted by atomic mass is 127. The van der Waals surface area contributed by atoms with Gasteiger partial charge in [0.15, 0.2) is 0 Å². The molecule has 1 aromatic rings. The minimum Gasteiger partial charge on any atom is -0.481 e. The summed E-state index contributed by atoms with van der Waals surface area (Å²) >= 11 is 2.30. The second kappa shape index (κ2) is 7.36. The van der Waals surface area contributed by atoms with Gasteiger partial charge >= 0.3 is 11.9 Å². The van der Waals surface area contributed by atoms with E-state index in [4.69, 9.17) is 4.74 Å². The molecule has 5 atom stereocenters. The van der Waals surface area contributed by atoms with Gasteiger partial charge in [-0.1, -0.05) is 42.0 Å². The van der Waals surface area contributed by atoms with E-state index >= 15 is 0 Å². The Balaban J connectivity index is 1.60. The lowest BCUT2D eigenvalue weighted by molar-refractivity contribution is -0.168. The molecular weight excluding hydrogens is 491 g/mol. The van der Waals surface area contributed by atoms with E-state index in [0.717, 1.165) is 48.8 Å². The Hall–Kier alpha value is -1.89. The number of esters is 1. The van der Waals surface area contributed by atoms with Crippen LogP contribution in [0.25, 0.3) is 0 Å². The van der Waals surface area contributed by atoms with E-state index in [2.05, 4.69) is 40.8 Å². The van der Waals surface area contributed by atoms with E-state index in [1.54, 1.807) is 0 Å². The SMILES string of the molecule is CC1(OC(=O)C2C3C4=C(C=CCC4)C(c4ccccc43)C2C(=O)O)C=C(I)CCC1. The third kappa shape index (κ3) is 3.08. The van der Waals surface area contributed by atoms with Crippen molar-refractivity contribution in [1.82, 2.24) is 0 Å². The lowest BCUT2D eigenvalue weighted by Gasteiger charge is -2.50. The quantitative estimate of drug-likeness (QED) is 0.417. The summed E-state index contributed by atoms with van der Waals surface area (Å²) in [6.45, 7) is 1.95. The fourth-order valence-corrected chi connectivity index (χ4v) is 7.06. The fraction of sp³-hybridized carbons (Fsp3) is 0.440. The molecule has 6 rings (SSSR count). The van der Waals surface area contributed by atoms with E-state index in [-0.39, 0.29) is 17.8 Å². The number of aliphatic carboxylic acids is 1. The standard InChI is InChI=1S/C25H25IO4/c1-25(12-6-7-14(26)13-25)30-24(29)22-20-17-10-4-2-8-15(17)19(21(22)23(27)28)16-9-3-5-11-18(16)20/h2-4,8-10,13,19-22H,5-7,11-12H2,1H3,(H,27,28). The summed E-state index contributed by atoms with van der Waals surface area (Å²) in [7, 11) is 0. The summed E-state index contributed by atoms with van der Waals surface area (Å²) in [4.78, 5) is 26.1. The van der Waals surface area contributed by atoms with Crippen LogP contribution in [0.15, 0.2) is 57.2 Å². The summed E-state index contributed by atoms with van der Waals surface area (Å²) in [5.74, 6) is -3.26. The zero-order chi connectivity index (χ0) is 21.0. The summed E-state index contributed by atoms with van der Waals surface area (Å²) in [5.41, 5.74) is 3.85. The molecule has 1 aromatic carbocycles. The van der Waals surface area contributed by atoms with Gasteiger partial charge in [0.2, 0.25) is 0 Å². The van der Waals surface area contributed by atoms with Gasteiger partial charge < -0.3 is 9.84 Å². The molecular formula is C25H25IO4. The molecule has 5 unspecified atom stereocenters. The lowest BCUT2D eigenvalue weighted by Crippen LogP contribution is -2.49. The Labute approximate surface area is 190 Å². The molecule has 0 amide bonds. The highest BCUT2D eigenvalue weighted by Crippen LogP contribution is 2.60. The maximum atomic E-state index is 13.6. The third-order valence-corrected chi connectivity index (χ3v) is 8.02. The second-order valence-corrected chi connectivity index (χ2v) is 10.5. The molecule has 0 radical (unpaired) electrons. The Morgan fingerprint density at radius 2 is 1.87 bits per heavy atom. The van der Waals surface area contributed by atoms with Crippen molar-refractivity contribution >= 4 is 34.5 Å². The van der Waals surface area contributed by atoms with Crippen LogP contribution in [0.4, 0.5) is 0 Å². The number of hydrogen-bond acceptors (Lipinski definition) is 3. The molecule has 0 aromatic heterocycles.